The van der Waals surface area contributed by atoms with Crippen LogP contribution in [-0.4, -0.2) is 22.0 Å². The Labute approximate surface area is 118 Å². The number of nitrogens with zero attached hydrogens (tertiary/aromatic N) is 1. The van der Waals surface area contributed by atoms with Crippen LogP contribution in [0.25, 0.3) is 0 Å². The number of thiophene rings is 1. The van der Waals surface area contributed by atoms with E-state index < -0.39 is 17.7 Å². The molecular formula is C13H11FN2O3S. The molecule has 0 unspecified atom stereocenters. The summed E-state index contributed by atoms with van der Waals surface area (Å²) in [6, 6.07) is 2.74. The molecule has 0 saturated carbocycles. The molecule has 5 nitrogen and oxygen atoms in total. The Hall–Kier alpha value is -2.28. The van der Waals surface area contributed by atoms with Crippen molar-refractivity contribution in [3.8, 4) is 0 Å². The van der Waals surface area contributed by atoms with Gasteiger partial charge < -0.3 is 10.4 Å². The highest BCUT2D eigenvalue weighted by Gasteiger charge is 2.19. The number of halogens is 1. The van der Waals surface area contributed by atoms with Crippen molar-refractivity contribution < 1.29 is 19.1 Å². The molecule has 0 atom stereocenters. The molecule has 2 aromatic rings. The van der Waals surface area contributed by atoms with E-state index in [1.54, 1.807) is 0 Å². The largest absolute Gasteiger partial charge is 0.478 e. The maximum absolute atomic E-state index is 13.4. The van der Waals surface area contributed by atoms with Crippen LogP contribution in [0.15, 0.2) is 24.5 Å². The van der Waals surface area contributed by atoms with Crippen LogP contribution in [0.5, 0.6) is 0 Å². The van der Waals surface area contributed by atoms with Crippen LogP contribution >= 0.6 is 11.3 Å². The summed E-state index contributed by atoms with van der Waals surface area (Å²) in [6.07, 6.45) is 2.88. The average Bonchev–Trinajstić information content (AvgIpc) is 2.82. The van der Waals surface area contributed by atoms with Gasteiger partial charge in [-0.3, -0.25) is 9.78 Å². The monoisotopic (exact) mass is 294 g/mol. The van der Waals surface area contributed by atoms with E-state index in [1.807, 2.05) is 6.92 Å². The lowest BCUT2D eigenvalue weighted by Gasteiger charge is -2.04. The number of amides is 1. The predicted octanol–water partition coefficient (Wildman–Crippen LogP) is 2.80. The third-order valence-corrected chi connectivity index (χ3v) is 3.80. The summed E-state index contributed by atoms with van der Waals surface area (Å²) in [6.45, 7) is 1.88. The van der Waals surface area contributed by atoms with E-state index in [-0.39, 0.29) is 16.1 Å². The number of carboxylic acids is 1. The molecule has 2 rings (SSSR count). The lowest BCUT2D eigenvalue weighted by molar-refractivity contribution is 0.0698. The average molecular weight is 294 g/mol. The normalized spacial score (nSPS) is 10.3. The zero-order valence-electron chi connectivity index (χ0n) is 10.5. The minimum atomic E-state index is -1.13. The molecule has 0 spiro atoms. The minimum Gasteiger partial charge on any atom is -0.478 e. The molecule has 2 N–H and O–H groups in total. The Morgan fingerprint density at radius 1 is 1.45 bits per heavy atom. The fraction of sp³-hybridized carbons (Fsp3) is 0.154. The Bertz CT molecular complexity index is 669. The lowest BCUT2D eigenvalue weighted by Crippen LogP contribution is -2.14. The SMILES string of the molecule is CCc1cc(C(=O)O)c(NC(=O)c2ccncc2F)s1. The van der Waals surface area contributed by atoms with Crippen molar-refractivity contribution in [2.45, 2.75) is 13.3 Å². The summed E-state index contributed by atoms with van der Waals surface area (Å²) >= 11 is 1.17. The van der Waals surface area contributed by atoms with E-state index in [4.69, 9.17) is 5.11 Å². The minimum absolute atomic E-state index is 0.00895. The number of carboxylic acid groups (broad SMARTS) is 1. The van der Waals surface area contributed by atoms with Gasteiger partial charge in [0.2, 0.25) is 0 Å². The molecule has 0 radical (unpaired) electrons. The van der Waals surface area contributed by atoms with E-state index in [0.717, 1.165) is 11.1 Å². The van der Waals surface area contributed by atoms with Crippen LogP contribution in [0, 0.1) is 5.82 Å². The van der Waals surface area contributed by atoms with Gasteiger partial charge in [0.05, 0.1) is 17.3 Å². The molecule has 0 aliphatic heterocycles. The number of hydrogen-bond acceptors (Lipinski definition) is 4. The number of carbonyl (C=O) groups is 2. The molecule has 0 saturated heterocycles. The number of carbonyl (C=O) groups excluding carboxylic acids is 1. The highest BCUT2D eigenvalue weighted by Crippen LogP contribution is 2.29. The Morgan fingerprint density at radius 2 is 2.20 bits per heavy atom. The number of anilines is 1. The number of aromatic nitrogens is 1. The van der Waals surface area contributed by atoms with E-state index in [1.165, 1.54) is 29.7 Å². The van der Waals surface area contributed by atoms with E-state index >= 15 is 0 Å². The molecule has 2 aromatic heterocycles. The summed E-state index contributed by atoms with van der Waals surface area (Å²) in [5, 5.41) is 11.7. The van der Waals surface area contributed by atoms with Gasteiger partial charge in [-0.05, 0) is 18.6 Å². The first-order chi connectivity index (χ1) is 9.52. The Kier molecular flexibility index (Phi) is 4.09. The quantitative estimate of drug-likeness (QED) is 0.908. The van der Waals surface area contributed by atoms with Gasteiger partial charge in [-0.1, -0.05) is 6.92 Å². The number of hydrogen-bond donors (Lipinski definition) is 2. The lowest BCUT2D eigenvalue weighted by atomic mass is 10.2. The second kappa shape index (κ2) is 5.79. The molecule has 0 fully saturated rings. The number of pyridine rings is 1. The summed E-state index contributed by atoms with van der Waals surface area (Å²) in [7, 11) is 0. The van der Waals surface area contributed by atoms with Gasteiger partial charge in [-0.2, -0.15) is 0 Å². The van der Waals surface area contributed by atoms with Crippen molar-refractivity contribution in [1.82, 2.24) is 4.98 Å². The first-order valence-electron chi connectivity index (χ1n) is 5.79. The topological polar surface area (TPSA) is 79.3 Å². The first kappa shape index (κ1) is 14.1. The van der Waals surface area contributed by atoms with Crippen molar-refractivity contribution in [3.05, 3.63) is 46.3 Å². The molecule has 104 valence electrons. The smallest absolute Gasteiger partial charge is 0.338 e. The molecule has 7 heteroatoms. The number of rotatable bonds is 4. The molecule has 1 amide bonds. The zero-order chi connectivity index (χ0) is 14.7. The zero-order valence-corrected chi connectivity index (χ0v) is 11.3. The van der Waals surface area contributed by atoms with Crippen LogP contribution in [0.2, 0.25) is 0 Å². The summed E-state index contributed by atoms with van der Waals surface area (Å²) < 4.78 is 13.4. The third-order valence-electron chi connectivity index (χ3n) is 2.61. The van der Waals surface area contributed by atoms with Gasteiger partial charge in [-0.25, -0.2) is 9.18 Å². The van der Waals surface area contributed by atoms with Crippen LogP contribution in [0.1, 0.15) is 32.5 Å². The van der Waals surface area contributed by atoms with Gasteiger partial charge >= 0.3 is 5.97 Å². The van der Waals surface area contributed by atoms with Gasteiger partial charge in [0.1, 0.15) is 5.00 Å². The highest BCUT2D eigenvalue weighted by atomic mass is 32.1. The highest BCUT2D eigenvalue weighted by molar-refractivity contribution is 7.16. The van der Waals surface area contributed by atoms with Gasteiger partial charge in [0.25, 0.3) is 5.91 Å². The van der Waals surface area contributed by atoms with Crippen molar-refractivity contribution in [3.63, 3.8) is 0 Å². The van der Waals surface area contributed by atoms with E-state index in [0.29, 0.717) is 6.42 Å². The summed E-state index contributed by atoms with van der Waals surface area (Å²) in [5.41, 5.74) is -0.169. The van der Waals surface area contributed by atoms with Gasteiger partial charge in [-0.15, -0.1) is 11.3 Å². The standard InChI is InChI=1S/C13H11FN2O3S/c1-2-7-5-9(13(18)19)12(20-7)16-11(17)8-3-4-15-6-10(8)14/h3-6H,2H2,1H3,(H,16,17)(H,18,19). The van der Waals surface area contributed by atoms with Crippen molar-refractivity contribution in [2.75, 3.05) is 5.32 Å². The van der Waals surface area contributed by atoms with E-state index in [9.17, 15) is 14.0 Å². The first-order valence-corrected chi connectivity index (χ1v) is 6.61. The van der Waals surface area contributed by atoms with Crippen molar-refractivity contribution in [1.29, 1.82) is 0 Å². The molecule has 0 aromatic carbocycles. The predicted molar refractivity (Wildman–Crippen MR) is 72.8 cm³/mol. The summed E-state index contributed by atoms with van der Waals surface area (Å²) in [5.74, 6) is -2.59. The molecule has 20 heavy (non-hydrogen) atoms. The van der Waals surface area contributed by atoms with Crippen LogP contribution < -0.4 is 5.32 Å². The fourth-order valence-corrected chi connectivity index (χ4v) is 2.58. The second-order valence-corrected chi connectivity index (χ2v) is 5.06. The molecule has 2 heterocycles. The number of aromatic carboxylic acids is 1. The van der Waals surface area contributed by atoms with Crippen LogP contribution in [0.4, 0.5) is 9.39 Å². The van der Waals surface area contributed by atoms with Crippen molar-refractivity contribution in [2.24, 2.45) is 0 Å². The Morgan fingerprint density at radius 3 is 2.80 bits per heavy atom. The molecule has 0 bridgehead atoms. The summed E-state index contributed by atoms with van der Waals surface area (Å²) in [4.78, 5) is 27.4. The van der Waals surface area contributed by atoms with Crippen molar-refractivity contribution >= 4 is 28.2 Å². The van der Waals surface area contributed by atoms with Crippen LogP contribution in [0.3, 0.4) is 0 Å². The van der Waals surface area contributed by atoms with Crippen LogP contribution in [-0.2, 0) is 6.42 Å². The van der Waals surface area contributed by atoms with E-state index in [2.05, 4.69) is 10.3 Å². The molecular weight excluding hydrogens is 283 g/mol. The molecule has 0 aliphatic carbocycles. The van der Waals surface area contributed by atoms with Gasteiger partial charge in [0, 0.05) is 11.1 Å². The van der Waals surface area contributed by atoms with Gasteiger partial charge in [0.15, 0.2) is 5.82 Å². The fourth-order valence-electron chi connectivity index (χ4n) is 1.60. The third kappa shape index (κ3) is 2.83. The molecule has 0 aliphatic rings. The number of nitrogens with one attached hydrogen (secondary N) is 1. The maximum atomic E-state index is 13.4. The maximum Gasteiger partial charge on any atom is 0.338 e. The second-order valence-electron chi connectivity index (χ2n) is 3.92. The Balaban J connectivity index is 2.30. The number of aryl methyl sites for hydroxylation is 1.